The van der Waals surface area contributed by atoms with E-state index in [1.54, 1.807) is 29.4 Å². The van der Waals surface area contributed by atoms with Crippen molar-refractivity contribution in [1.82, 2.24) is 14.9 Å². The number of nitrogens with zero attached hydrogens (tertiary/aromatic N) is 3. The zero-order valence-corrected chi connectivity index (χ0v) is 14.3. The van der Waals surface area contributed by atoms with Gasteiger partial charge in [-0.2, -0.15) is 0 Å². The van der Waals surface area contributed by atoms with Crippen molar-refractivity contribution in [2.75, 3.05) is 6.54 Å². The molecule has 0 aliphatic carbocycles. The summed E-state index contributed by atoms with van der Waals surface area (Å²) in [6, 6.07) is 6.38. The molecule has 0 spiro atoms. The van der Waals surface area contributed by atoms with E-state index in [1.165, 1.54) is 12.1 Å². The minimum absolute atomic E-state index is 0.0172. The maximum absolute atomic E-state index is 12.9. The van der Waals surface area contributed by atoms with E-state index in [-0.39, 0.29) is 11.9 Å². The lowest BCUT2D eigenvalue weighted by Crippen LogP contribution is -2.33. The largest absolute Gasteiger partial charge is 0.332 e. The summed E-state index contributed by atoms with van der Waals surface area (Å²) in [6.07, 6.45) is 4.87. The molecule has 1 aromatic heterocycles. The molecule has 1 aliphatic heterocycles. The second-order valence-electron chi connectivity index (χ2n) is 6.54. The smallest absolute Gasteiger partial charge is 0.291 e. The average Bonchev–Trinajstić information content (AvgIpc) is 2.91. The predicted octanol–water partition coefficient (Wildman–Crippen LogP) is 2.30. The van der Waals surface area contributed by atoms with Crippen molar-refractivity contribution >= 4 is 11.7 Å². The number of ketones is 1. The molecule has 130 valence electrons. The number of Topliss-reactive ketones (excluding diaryl/α,β-unsaturated/α-hetero) is 1. The molecule has 3 rings (SSSR count). The highest BCUT2D eigenvalue weighted by molar-refractivity contribution is 6.40. The van der Waals surface area contributed by atoms with E-state index in [2.05, 4.69) is 9.97 Å². The summed E-state index contributed by atoms with van der Waals surface area (Å²) >= 11 is 0. The molecule has 5 nitrogen and oxygen atoms in total. The number of aryl methyl sites for hydroxylation is 2. The highest BCUT2D eigenvalue weighted by Gasteiger charge is 2.42. The van der Waals surface area contributed by atoms with Crippen LogP contribution in [0.4, 0.5) is 4.39 Å². The molecule has 1 atom stereocenters. The molecule has 2 aromatic rings. The van der Waals surface area contributed by atoms with Crippen molar-refractivity contribution in [3.8, 4) is 0 Å². The van der Waals surface area contributed by atoms with Gasteiger partial charge in [0.2, 0.25) is 5.78 Å². The number of likely N-dealkylation sites (tertiary alicyclic amines) is 1. The van der Waals surface area contributed by atoms with Crippen molar-refractivity contribution in [3.05, 3.63) is 59.4 Å². The Hall–Kier alpha value is -2.63. The SMILES string of the molecule is CC(C)N1CC(c2ncc(CCc3ccc(F)cc3)cn2)C(=O)C1=O. The fourth-order valence-corrected chi connectivity index (χ4v) is 2.91. The van der Waals surface area contributed by atoms with Gasteiger partial charge in [0.15, 0.2) is 0 Å². The zero-order chi connectivity index (χ0) is 18.0. The average molecular weight is 341 g/mol. The van der Waals surface area contributed by atoms with Crippen LogP contribution in [0.5, 0.6) is 0 Å². The molecule has 1 fully saturated rings. The van der Waals surface area contributed by atoms with Crippen molar-refractivity contribution in [2.45, 2.75) is 38.6 Å². The number of halogens is 1. The second-order valence-corrected chi connectivity index (χ2v) is 6.54. The lowest BCUT2D eigenvalue weighted by atomic mass is 10.1. The van der Waals surface area contributed by atoms with Crippen molar-refractivity contribution < 1.29 is 14.0 Å². The fraction of sp³-hybridized carbons (Fsp3) is 0.368. The molecule has 6 heteroatoms. The van der Waals surface area contributed by atoms with Gasteiger partial charge in [0.1, 0.15) is 17.6 Å². The number of hydrogen-bond donors (Lipinski definition) is 0. The quantitative estimate of drug-likeness (QED) is 0.783. The molecule has 0 bridgehead atoms. The van der Waals surface area contributed by atoms with E-state index >= 15 is 0 Å². The molecule has 0 N–H and O–H groups in total. The normalized spacial score (nSPS) is 17.6. The summed E-state index contributed by atoms with van der Waals surface area (Å²) in [6.45, 7) is 4.10. The third kappa shape index (κ3) is 3.73. The first-order valence-electron chi connectivity index (χ1n) is 8.35. The first-order valence-corrected chi connectivity index (χ1v) is 8.35. The van der Waals surface area contributed by atoms with Crippen molar-refractivity contribution in [2.24, 2.45) is 0 Å². The van der Waals surface area contributed by atoms with E-state index < -0.39 is 17.6 Å². The Balaban J connectivity index is 1.65. The first-order chi connectivity index (χ1) is 12.0. The van der Waals surface area contributed by atoms with E-state index in [9.17, 15) is 14.0 Å². The van der Waals surface area contributed by atoms with Gasteiger partial charge < -0.3 is 4.90 Å². The van der Waals surface area contributed by atoms with Crippen molar-refractivity contribution in [3.63, 3.8) is 0 Å². The van der Waals surface area contributed by atoms with Crippen LogP contribution in [0.25, 0.3) is 0 Å². The van der Waals surface area contributed by atoms with Crippen LogP contribution in [0.2, 0.25) is 0 Å². The minimum atomic E-state index is -0.582. The van der Waals surface area contributed by atoms with E-state index in [1.807, 2.05) is 13.8 Å². The van der Waals surface area contributed by atoms with Gasteiger partial charge in [0, 0.05) is 25.0 Å². The topological polar surface area (TPSA) is 63.2 Å². The van der Waals surface area contributed by atoms with Crippen LogP contribution in [0.1, 0.15) is 36.7 Å². The molecule has 1 saturated heterocycles. The Kier molecular flexibility index (Phi) is 4.88. The van der Waals surface area contributed by atoms with E-state index in [0.717, 1.165) is 24.0 Å². The van der Waals surface area contributed by atoms with Gasteiger partial charge in [-0.05, 0) is 49.9 Å². The van der Waals surface area contributed by atoms with Crippen LogP contribution in [0.15, 0.2) is 36.7 Å². The summed E-state index contributed by atoms with van der Waals surface area (Å²) in [4.78, 5) is 34.3. The highest BCUT2D eigenvalue weighted by atomic mass is 19.1. The minimum Gasteiger partial charge on any atom is -0.332 e. The van der Waals surface area contributed by atoms with Crippen LogP contribution in [0, 0.1) is 5.82 Å². The Morgan fingerprint density at radius 2 is 1.68 bits per heavy atom. The molecule has 1 amide bonds. The van der Waals surface area contributed by atoms with Gasteiger partial charge in [0.05, 0.1) is 0 Å². The van der Waals surface area contributed by atoms with Gasteiger partial charge in [-0.25, -0.2) is 14.4 Å². The molecular formula is C19H20FN3O2. The molecule has 25 heavy (non-hydrogen) atoms. The first kappa shape index (κ1) is 17.2. The number of amides is 1. The number of hydrogen-bond acceptors (Lipinski definition) is 4. The lowest BCUT2D eigenvalue weighted by molar-refractivity contribution is -0.141. The summed E-state index contributed by atoms with van der Waals surface area (Å²) in [5.74, 6) is -1.33. The summed E-state index contributed by atoms with van der Waals surface area (Å²) < 4.78 is 12.9. The van der Waals surface area contributed by atoms with Gasteiger partial charge >= 0.3 is 0 Å². The molecule has 1 aliphatic rings. The summed E-state index contributed by atoms with van der Waals surface area (Å²) in [5, 5.41) is 0. The number of carbonyl (C=O) groups is 2. The monoisotopic (exact) mass is 341 g/mol. The maximum Gasteiger partial charge on any atom is 0.291 e. The van der Waals surface area contributed by atoms with Crippen LogP contribution in [0.3, 0.4) is 0 Å². The van der Waals surface area contributed by atoms with Crippen LogP contribution >= 0.6 is 0 Å². The molecule has 0 radical (unpaired) electrons. The Labute approximate surface area is 145 Å². The Morgan fingerprint density at radius 3 is 2.24 bits per heavy atom. The number of benzene rings is 1. The predicted molar refractivity (Wildman–Crippen MR) is 90.4 cm³/mol. The van der Waals surface area contributed by atoms with Gasteiger partial charge in [-0.1, -0.05) is 12.1 Å². The number of rotatable bonds is 5. The third-order valence-corrected chi connectivity index (χ3v) is 4.44. The Morgan fingerprint density at radius 1 is 1.08 bits per heavy atom. The molecule has 1 aromatic carbocycles. The molecule has 2 heterocycles. The lowest BCUT2D eigenvalue weighted by Gasteiger charge is -2.19. The number of aromatic nitrogens is 2. The van der Waals surface area contributed by atoms with Crippen molar-refractivity contribution in [1.29, 1.82) is 0 Å². The summed E-state index contributed by atoms with van der Waals surface area (Å²) in [7, 11) is 0. The summed E-state index contributed by atoms with van der Waals surface area (Å²) in [5.41, 5.74) is 1.97. The zero-order valence-electron chi connectivity index (χ0n) is 14.3. The molecule has 0 saturated carbocycles. The van der Waals surface area contributed by atoms with Gasteiger partial charge in [-0.15, -0.1) is 0 Å². The molecule has 1 unspecified atom stereocenters. The molecular weight excluding hydrogens is 321 g/mol. The maximum atomic E-state index is 12.9. The van der Waals surface area contributed by atoms with E-state index in [0.29, 0.717) is 12.4 Å². The standard InChI is InChI=1S/C19H20FN3O2/c1-12(2)23-11-16(17(24)19(23)25)18-21-9-14(10-22-18)4-3-13-5-7-15(20)8-6-13/h5-10,12,16H,3-4,11H2,1-2H3. The van der Waals surface area contributed by atoms with Gasteiger partial charge in [-0.3, -0.25) is 9.59 Å². The van der Waals surface area contributed by atoms with Crippen LogP contribution in [-0.2, 0) is 22.4 Å². The van der Waals surface area contributed by atoms with Crippen LogP contribution < -0.4 is 0 Å². The highest BCUT2D eigenvalue weighted by Crippen LogP contribution is 2.24. The second kappa shape index (κ2) is 7.09. The third-order valence-electron chi connectivity index (χ3n) is 4.44. The van der Waals surface area contributed by atoms with E-state index in [4.69, 9.17) is 0 Å². The van der Waals surface area contributed by atoms with Crippen LogP contribution in [-0.4, -0.2) is 39.1 Å². The van der Waals surface area contributed by atoms with Gasteiger partial charge in [0.25, 0.3) is 5.91 Å². The Bertz CT molecular complexity index is 772. The fourth-order valence-electron chi connectivity index (χ4n) is 2.91. The number of carbonyl (C=O) groups excluding carboxylic acids is 2.